The van der Waals surface area contributed by atoms with Crippen molar-refractivity contribution in [3.8, 4) is 0 Å². The van der Waals surface area contributed by atoms with E-state index in [-0.39, 0.29) is 11.4 Å². The number of nitrogens with two attached hydrogens (primary N) is 1. The van der Waals surface area contributed by atoms with E-state index in [2.05, 4.69) is 48.4 Å². The van der Waals surface area contributed by atoms with Gasteiger partial charge in [-0.3, -0.25) is 9.59 Å². The second kappa shape index (κ2) is 11.8. The predicted octanol–water partition coefficient (Wildman–Crippen LogP) is 3.88. The molecule has 0 fully saturated rings. The SMILES string of the molecule is CC(C)c1ccccc1.CCCC(OC)C(=O)Nc1cc(C(N)=O)ncc1F. The van der Waals surface area contributed by atoms with Crippen LogP contribution >= 0.6 is 0 Å². The number of hydrogen-bond donors (Lipinski definition) is 2. The molecule has 1 heterocycles. The number of carbonyl (C=O) groups excluding carboxylic acids is 2. The van der Waals surface area contributed by atoms with Crippen molar-refractivity contribution in [2.24, 2.45) is 5.73 Å². The summed E-state index contributed by atoms with van der Waals surface area (Å²) in [5.41, 5.74) is 6.18. The highest BCUT2D eigenvalue weighted by molar-refractivity contribution is 5.96. The van der Waals surface area contributed by atoms with Crippen molar-refractivity contribution in [2.45, 2.75) is 45.6 Å². The van der Waals surface area contributed by atoms with E-state index < -0.39 is 23.7 Å². The number of amides is 2. The highest BCUT2D eigenvalue weighted by Crippen LogP contribution is 2.15. The van der Waals surface area contributed by atoms with E-state index in [1.807, 2.05) is 13.0 Å². The van der Waals surface area contributed by atoms with Crippen molar-refractivity contribution in [1.82, 2.24) is 4.98 Å². The Morgan fingerprint density at radius 1 is 1.25 bits per heavy atom. The summed E-state index contributed by atoms with van der Waals surface area (Å²) in [5.74, 6) is -1.37. The second-order valence-electron chi connectivity index (χ2n) is 6.48. The van der Waals surface area contributed by atoms with E-state index in [4.69, 9.17) is 10.5 Å². The molecule has 1 atom stereocenters. The third kappa shape index (κ3) is 7.44. The van der Waals surface area contributed by atoms with E-state index in [1.165, 1.54) is 12.7 Å². The number of aromatic nitrogens is 1. The summed E-state index contributed by atoms with van der Waals surface area (Å²) < 4.78 is 18.5. The lowest BCUT2D eigenvalue weighted by molar-refractivity contribution is -0.126. The monoisotopic (exact) mass is 389 g/mol. The molecule has 28 heavy (non-hydrogen) atoms. The number of halogens is 1. The number of pyridine rings is 1. The van der Waals surface area contributed by atoms with E-state index in [0.717, 1.165) is 18.7 Å². The van der Waals surface area contributed by atoms with Gasteiger partial charge in [0, 0.05) is 7.11 Å². The number of ether oxygens (including phenoxy) is 1. The molecule has 0 radical (unpaired) electrons. The van der Waals surface area contributed by atoms with E-state index in [1.54, 1.807) is 0 Å². The molecular weight excluding hydrogens is 361 g/mol. The van der Waals surface area contributed by atoms with Crippen LogP contribution in [0.5, 0.6) is 0 Å². The summed E-state index contributed by atoms with van der Waals surface area (Å²) in [4.78, 5) is 26.3. The maximum atomic E-state index is 13.5. The van der Waals surface area contributed by atoms with Gasteiger partial charge in [-0.2, -0.15) is 0 Å². The number of hydrogen-bond acceptors (Lipinski definition) is 4. The van der Waals surface area contributed by atoms with E-state index in [0.29, 0.717) is 12.3 Å². The maximum Gasteiger partial charge on any atom is 0.267 e. The number of nitrogens with one attached hydrogen (secondary N) is 1. The first-order valence-electron chi connectivity index (χ1n) is 9.14. The number of benzene rings is 1. The summed E-state index contributed by atoms with van der Waals surface area (Å²) in [6, 6.07) is 11.6. The lowest BCUT2D eigenvalue weighted by Crippen LogP contribution is -2.30. The molecule has 0 aliphatic heterocycles. The van der Waals surface area contributed by atoms with Gasteiger partial charge in [0.2, 0.25) is 0 Å². The van der Waals surface area contributed by atoms with Crippen LogP contribution in [0.4, 0.5) is 10.1 Å². The van der Waals surface area contributed by atoms with Crippen molar-refractivity contribution in [1.29, 1.82) is 0 Å². The maximum absolute atomic E-state index is 13.5. The van der Waals surface area contributed by atoms with Crippen molar-refractivity contribution >= 4 is 17.5 Å². The summed E-state index contributed by atoms with van der Waals surface area (Å²) in [6.07, 6.45) is 1.42. The van der Waals surface area contributed by atoms with Crippen LogP contribution in [0.25, 0.3) is 0 Å². The van der Waals surface area contributed by atoms with Crippen molar-refractivity contribution in [2.75, 3.05) is 12.4 Å². The molecule has 0 aliphatic carbocycles. The zero-order valence-electron chi connectivity index (χ0n) is 16.7. The Morgan fingerprint density at radius 3 is 2.36 bits per heavy atom. The molecule has 2 aromatic rings. The van der Waals surface area contributed by atoms with Crippen LogP contribution in [-0.2, 0) is 9.53 Å². The van der Waals surface area contributed by atoms with Gasteiger partial charge >= 0.3 is 0 Å². The molecule has 2 rings (SSSR count). The molecule has 0 spiro atoms. The Balaban J connectivity index is 0.000000362. The number of methoxy groups -OCH3 is 1. The quantitative estimate of drug-likeness (QED) is 0.751. The topological polar surface area (TPSA) is 94.3 Å². The van der Waals surface area contributed by atoms with Gasteiger partial charge < -0.3 is 15.8 Å². The second-order valence-corrected chi connectivity index (χ2v) is 6.48. The van der Waals surface area contributed by atoms with Crippen LogP contribution in [0.1, 0.15) is 55.6 Å². The molecule has 6 nitrogen and oxygen atoms in total. The van der Waals surface area contributed by atoms with Gasteiger partial charge in [-0.1, -0.05) is 57.5 Å². The van der Waals surface area contributed by atoms with Crippen LogP contribution in [-0.4, -0.2) is 30.0 Å². The minimum absolute atomic E-state index is 0.124. The number of carbonyl (C=O) groups is 2. The first-order valence-corrected chi connectivity index (χ1v) is 9.14. The Kier molecular flexibility index (Phi) is 9.81. The summed E-state index contributed by atoms with van der Waals surface area (Å²) in [5, 5.41) is 2.35. The van der Waals surface area contributed by atoms with Crippen molar-refractivity contribution in [3.05, 3.63) is 59.7 Å². The first-order chi connectivity index (χ1) is 13.3. The zero-order chi connectivity index (χ0) is 21.1. The molecule has 1 aromatic heterocycles. The van der Waals surface area contributed by atoms with Crippen LogP contribution in [0.15, 0.2) is 42.6 Å². The van der Waals surface area contributed by atoms with Crippen LogP contribution in [0, 0.1) is 5.82 Å². The fourth-order valence-corrected chi connectivity index (χ4v) is 2.34. The van der Waals surface area contributed by atoms with E-state index >= 15 is 0 Å². The molecule has 0 saturated heterocycles. The van der Waals surface area contributed by atoms with Gasteiger partial charge in [-0.25, -0.2) is 9.37 Å². The molecular formula is C21H28FN3O3. The lowest BCUT2D eigenvalue weighted by Gasteiger charge is -2.14. The largest absolute Gasteiger partial charge is 0.372 e. The molecule has 0 aliphatic rings. The van der Waals surface area contributed by atoms with Gasteiger partial charge in [-0.15, -0.1) is 0 Å². The molecule has 0 saturated carbocycles. The predicted molar refractivity (Wildman–Crippen MR) is 108 cm³/mol. The molecule has 152 valence electrons. The number of rotatable bonds is 7. The van der Waals surface area contributed by atoms with Crippen LogP contribution in [0.3, 0.4) is 0 Å². The normalized spacial score (nSPS) is 11.4. The molecule has 1 unspecified atom stereocenters. The zero-order valence-corrected chi connectivity index (χ0v) is 16.7. The molecule has 0 bridgehead atoms. The standard InChI is InChI=1S/C12H16FN3O3.C9H12/c1-3-4-10(19-2)12(18)16-8-5-9(11(14)17)15-6-7(8)13;1-8(2)9-6-4-3-5-7-9/h5-6,10H,3-4H2,1-2H3,(H2,14,17)(H,15,16,18);3-8H,1-2H3. The minimum Gasteiger partial charge on any atom is -0.372 e. The summed E-state index contributed by atoms with van der Waals surface area (Å²) in [6.45, 7) is 6.31. The number of primary amides is 1. The average molecular weight is 389 g/mol. The molecule has 3 N–H and O–H groups in total. The number of nitrogens with zero attached hydrogens (tertiary/aromatic N) is 1. The Labute approximate surface area is 165 Å². The molecule has 2 amide bonds. The molecule has 1 aromatic carbocycles. The Hall–Kier alpha value is -2.80. The minimum atomic E-state index is -0.799. The lowest BCUT2D eigenvalue weighted by atomic mass is 10.0. The average Bonchev–Trinajstić information content (AvgIpc) is 2.68. The summed E-state index contributed by atoms with van der Waals surface area (Å²) >= 11 is 0. The van der Waals surface area contributed by atoms with Crippen molar-refractivity contribution in [3.63, 3.8) is 0 Å². The first kappa shape index (κ1) is 23.2. The van der Waals surface area contributed by atoms with Crippen molar-refractivity contribution < 1.29 is 18.7 Å². The van der Waals surface area contributed by atoms with Gasteiger partial charge in [0.15, 0.2) is 5.82 Å². The third-order valence-corrected chi connectivity index (χ3v) is 3.96. The van der Waals surface area contributed by atoms with Gasteiger partial charge in [-0.05, 0) is 24.0 Å². The van der Waals surface area contributed by atoms with Gasteiger partial charge in [0.25, 0.3) is 11.8 Å². The van der Waals surface area contributed by atoms with Crippen LogP contribution in [0.2, 0.25) is 0 Å². The third-order valence-electron chi connectivity index (χ3n) is 3.96. The van der Waals surface area contributed by atoms with Gasteiger partial charge in [0.1, 0.15) is 11.8 Å². The number of anilines is 1. The van der Waals surface area contributed by atoms with Crippen LogP contribution < -0.4 is 11.1 Å². The van der Waals surface area contributed by atoms with E-state index in [9.17, 15) is 14.0 Å². The Bertz CT molecular complexity index is 767. The fraction of sp³-hybridized carbons (Fsp3) is 0.381. The van der Waals surface area contributed by atoms with Gasteiger partial charge in [0.05, 0.1) is 11.9 Å². The fourth-order valence-electron chi connectivity index (χ4n) is 2.34. The highest BCUT2D eigenvalue weighted by Gasteiger charge is 2.19. The Morgan fingerprint density at radius 2 is 1.89 bits per heavy atom. The highest BCUT2D eigenvalue weighted by atomic mass is 19.1. The summed E-state index contributed by atoms with van der Waals surface area (Å²) in [7, 11) is 1.40. The molecule has 7 heteroatoms. The smallest absolute Gasteiger partial charge is 0.267 e.